The van der Waals surface area contributed by atoms with Gasteiger partial charge in [0.25, 0.3) is 0 Å². The van der Waals surface area contributed by atoms with Crippen LogP contribution in [0.2, 0.25) is 10.0 Å². The molecule has 128 valence electrons. The molecule has 1 N–H and O–H groups in total. The molecule has 0 heterocycles. The average molecular weight is 370 g/mol. The van der Waals surface area contributed by atoms with Gasteiger partial charge >= 0.3 is 6.09 Å². The second-order valence-corrected chi connectivity index (χ2v) is 5.70. The summed E-state index contributed by atoms with van der Waals surface area (Å²) in [6, 6.07) is 12.0. The first kappa shape index (κ1) is 18.2. The Morgan fingerprint density at radius 3 is 2.38 bits per heavy atom. The van der Waals surface area contributed by atoms with Crippen molar-refractivity contribution in [2.24, 2.45) is 0 Å². The molecule has 0 bridgehead atoms. The lowest BCUT2D eigenvalue weighted by Gasteiger charge is -2.17. The van der Waals surface area contributed by atoms with E-state index in [4.69, 9.17) is 37.8 Å². The number of benzene rings is 2. The zero-order chi connectivity index (χ0) is 17.5. The summed E-state index contributed by atoms with van der Waals surface area (Å²) in [5, 5.41) is 9.96. The molecule has 2 aromatic rings. The van der Waals surface area contributed by atoms with Gasteiger partial charge in [-0.25, -0.2) is 4.79 Å². The molecule has 0 aromatic heterocycles. The van der Waals surface area contributed by atoms with Gasteiger partial charge in [-0.15, -0.1) is 0 Å². The summed E-state index contributed by atoms with van der Waals surface area (Å²) in [6.45, 7) is 2.66. The fraction of sp³-hybridized carbons (Fsp3) is 0.235. The van der Waals surface area contributed by atoms with Crippen molar-refractivity contribution in [2.45, 2.75) is 6.92 Å². The Balaban J connectivity index is 1.94. The Hall–Kier alpha value is -2.11. The summed E-state index contributed by atoms with van der Waals surface area (Å²) in [7, 11) is 0. The third kappa shape index (κ3) is 5.22. The number of rotatable bonds is 7. The van der Waals surface area contributed by atoms with Gasteiger partial charge in [0.2, 0.25) is 0 Å². The topological polar surface area (TPSA) is 59.0 Å². The summed E-state index contributed by atoms with van der Waals surface area (Å²) in [5.41, 5.74) is 0. The second-order valence-electron chi connectivity index (χ2n) is 4.86. The molecular formula is C17H17Cl2NO4. The number of likely N-dealkylation sites (N-methyl/N-ethyl adjacent to an activating group) is 1. The molecule has 0 atom stereocenters. The zero-order valence-corrected chi connectivity index (χ0v) is 14.5. The van der Waals surface area contributed by atoms with E-state index in [1.165, 1.54) is 4.90 Å². The molecule has 0 radical (unpaired) electrons. The van der Waals surface area contributed by atoms with Crippen molar-refractivity contribution < 1.29 is 19.4 Å². The van der Waals surface area contributed by atoms with E-state index in [1.807, 2.05) is 0 Å². The fourth-order valence-electron chi connectivity index (χ4n) is 1.96. The molecule has 2 aromatic carbocycles. The summed E-state index contributed by atoms with van der Waals surface area (Å²) in [5.74, 6) is 1.68. The quantitative estimate of drug-likeness (QED) is 0.731. The van der Waals surface area contributed by atoms with Gasteiger partial charge < -0.3 is 19.5 Å². The van der Waals surface area contributed by atoms with Gasteiger partial charge in [0.1, 0.15) is 23.9 Å². The molecule has 0 aliphatic rings. The summed E-state index contributed by atoms with van der Waals surface area (Å²) in [4.78, 5) is 12.2. The molecule has 1 amide bonds. The van der Waals surface area contributed by atoms with Crippen LogP contribution in [-0.4, -0.2) is 35.8 Å². The van der Waals surface area contributed by atoms with Crippen molar-refractivity contribution in [3.05, 3.63) is 52.5 Å². The SMILES string of the molecule is CCN(CCOc1ccc(Oc2ccc(Cl)cc2)cc1Cl)C(=O)O. The largest absolute Gasteiger partial charge is 0.490 e. The predicted molar refractivity (Wildman–Crippen MR) is 93.7 cm³/mol. The van der Waals surface area contributed by atoms with Crippen molar-refractivity contribution in [1.82, 2.24) is 4.90 Å². The third-order valence-corrected chi connectivity index (χ3v) is 3.77. The number of ether oxygens (including phenoxy) is 2. The Morgan fingerprint density at radius 1 is 1.12 bits per heavy atom. The van der Waals surface area contributed by atoms with E-state index >= 15 is 0 Å². The van der Waals surface area contributed by atoms with Gasteiger partial charge in [0.05, 0.1) is 11.6 Å². The summed E-state index contributed by atoms with van der Waals surface area (Å²) < 4.78 is 11.2. The summed E-state index contributed by atoms with van der Waals surface area (Å²) in [6.07, 6.45) is -0.973. The third-order valence-electron chi connectivity index (χ3n) is 3.22. The van der Waals surface area contributed by atoms with E-state index in [0.29, 0.717) is 33.8 Å². The number of carbonyl (C=O) groups is 1. The molecule has 0 saturated carbocycles. The molecule has 2 rings (SSSR count). The minimum absolute atomic E-state index is 0.219. The first-order chi connectivity index (χ1) is 11.5. The molecule has 24 heavy (non-hydrogen) atoms. The highest BCUT2D eigenvalue weighted by molar-refractivity contribution is 6.32. The normalized spacial score (nSPS) is 10.3. The molecule has 5 nitrogen and oxygen atoms in total. The molecule has 0 unspecified atom stereocenters. The highest BCUT2D eigenvalue weighted by Gasteiger charge is 2.10. The van der Waals surface area contributed by atoms with E-state index in [1.54, 1.807) is 49.4 Å². The molecule has 0 aliphatic heterocycles. The lowest BCUT2D eigenvalue weighted by Crippen LogP contribution is -2.33. The number of hydrogen-bond donors (Lipinski definition) is 1. The van der Waals surface area contributed by atoms with Gasteiger partial charge in [0.15, 0.2) is 0 Å². The minimum Gasteiger partial charge on any atom is -0.490 e. The molecule has 0 fully saturated rings. The van der Waals surface area contributed by atoms with Crippen LogP contribution in [0.25, 0.3) is 0 Å². The van der Waals surface area contributed by atoms with Crippen molar-refractivity contribution in [2.75, 3.05) is 19.7 Å². The van der Waals surface area contributed by atoms with Crippen LogP contribution in [0.1, 0.15) is 6.92 Å². The number of halogens is 2. The lowest BCUT2D eigenvalue weighted by atomic mass is 10.3. The van der Waals surface area contributed by atoms with Gasteiger partial charge in [-0.1, -0.05) is 23.2 Å². The van der Waals surface area contributed by atoms with Gasteiger partial charge in [-0.2, -0.15) is 0 Å². The molecule has 0 aliphatic carbocycles. The molecule has 0 saturated heterocycles. The van der Waals surface area contributed by atoms with Crippen LogP contribution in [0, 0.1) is 0 Å². The molecule has 7 heteroatoms. The highest BCUT2D eigenvalue weighted by Crippen LogP contribution is 2.31. The average Bonchev–Trinajstić information content (AvgIpc) is 2.55. The Kier molecular flexibility index (Phi) is 6.58. The van der Waals surface area contributed by atoms with Gasteiger partial charge in [-0.3, -0.25) is 0 Å². The maximum atomic E-state index is 10.9. The fourth-order valence-corrected chi connectivity index (χ4v) is 2.31. The first-order valence-electron chi connectivity index (χ1n) is 7.33. The Bertz CT molecular complexity index is 691. The Labute approximate surface area is 150 Å². The summed E-state index contributed by atoms with van der Waals surface area (Å²) >= 11 is 12.0. The van der Waals surface area contributed by atoms with Crippen LogP contribution in [0.15, 0.2) is 42.5 Å². The monoisotopic (exact) mass is 369 g/mol. The maximum absolute atomic E-state index is 10.9. The van der Waals surface area contributed by atoms with E-state index in [0.717, 1.165) is 0 Å². The van der Waals surface area contributed by atoms with Crippen molar-refractivity contribution in [1.29, 1.82) is 0 Å². The van der Waals surface area contributed by atoms with Crippen LogP contribution in [0.3, 0.4) is 0 Å². The van der Waals surface area contributed by atoms with Gasteiger partial charge in [0, 0.05) is 17.6 Å². The first-order valence-corrected chi connectivity index (χ1v) is 8.09. The van der Waals surface area contributed by atoms with Crippen LogP contribution in [-0.2, 0) is 0 Å². The second kappa shape index (κ2) is 8.66. The van der Waals surface area contributed by atoms with Crippen molar-refractivity contribution in [3.63, 3.8) is 0 Å². The van der Waals surface area contributed by atoms with E-state index in [2.05, 4.69) is 0 Å². The number of amides is 1. The van der Waals surface area contributed by atoms with Crippen molar-refractivity contribution >= 4 is 29.3 Å². The molecular weight excluding hydrogens is 353 g/mol. The van der Waals surface area contributed by atoms with E-state index in [-0.39, 0.29) is 13.2 Å². The van der Waals surface area contributed by atoms with E-state index in [9.17, 15) is 4.79 Å². The highest BCUT2D eigenvalue weighted by atomic mass is 35.5. The predicted octanol–water partition coefficient (Wildman–Crippen LogP) is 5.16. The smallest absolute Gasteiger partial charge is 0.407 e. The number of hydrogen-bond acceptors (Lipinski definition) is 3. The van der Waals surface area contributed by atoms with E-state index < -0.39 is 6.09 Å². The van der Waals surface area contributed by atoms with Crippen molar-refractivity contribution in [3.8, 4) is 17.2 Å². The minimum atomic E-state index is -0.973. The maximum Gasteiger partial charge on any atom is 0.407 e. The van der Waals surface area contributed by atoms with Crippen LogP contribution >= 0.6 is 23.2 Å². The van der Waals surface area contributed by atoms with Crippen LogP contribution in [0.5, 0.6) is 17.2 Å². The number of carboxylic acid groups (broad SMARTS) is 1. The van der Waals surface area contributed by atoms with Crippen LogP contribution in [0.4, 0.5) is 4.79 Å². The Morgan fingerprint density at radius 2 is 1.79 bits per heavy atom. The zero-order valence-electron chi connectivity index (χ0n) is 13.0. The van der Waals surface area contributed by atoms with Crippen LogP contribution < -0.4 is 9.47 Å². The number of nitrogens with zero attached hydrogens (tertiary/aromatic N) is 1. The lowest BCUT2D eigenvalue weighted by molar-refractivity contribution is 0.138. The van der Waals surface area contributed by atoms with Gasteiger partial charge in [-0.05, 0) is 43.3 Å². The molecule has 0 spiro atoms. The standard InChI is InChI=1S/C17H17Cl2NO4/c1-2-20(17(21)22)9-10-23-16-8-7-14(11-15(16)19)24-13-5-3-12(18)4-6-13/h3-8,11H,2,9-10H2,1H3,(H,21,22).